The number of halogens is 1. The molecule has 0 radical (unpaired) electrons. The van der Waals surface area contributed by atoms with Crippen LogP contribution in [0, 0.1) is 0 Å². The van der Waals surface area contributed by atoms with Crippen molar-refractivity contribution in [3.05, 3.63) is 105 Å². The molecule has 0 atom stereocenters. The van der Waals surface area contributed by atoms with Crippen LogP contribution in [0.15, 0.2) is 93.3 Å². The van der Waals surface area contributed by atoms with Crippen LogP contribution >= 0.6 is 15.9 Å². The molecule has 0 aliphatic rings. The fourth-order valence-electron chi connectivity index (χ4n) is 2.30. The third-order valence-electron chi connectivity index (χ3n) is 3.42. The van der Waals surface area contributed by atoms with Crippen molar-refractivity contribution < 1.29 is 0 Å². The van der Waals surface area contributed by atoms with Crippen LogP contribution in [-0.4, -0.2) is 10.3 Å². The van der Waals surface area contributed by atoms with Gasteiger partial charge in [0.25, 0.3) is 5.56 Å². The van der Waals surface area contributed by atoms with Crippen LogP contribution in [-0.2, 0) is 6.67 Å². The van der Waals surface area contributed by atoms with Gasteiger partial charge in [-0.2, -0.15) is 0 Å². The van der Waals surface area contributed by atoms with E-state index in [1.165, 1.54) is 6.07 Å². The van der Waals surface area contributed by atoms with Gasteiger partial charge in [0.2, 0.25) is 0 Å². The van der Waals surface area contributed by atoms with E-state index in [0.29, 0.717) is 0 Å². The Morgan fingerprint density at radius 1 is 0.870 bits per heavy atom. The Hall–Kier alpha value is -2.46. The van der Waals surface area contributed by atoms with Crippen LogP contribution in [0.1, 0.15) is 11.1 Å². The van der Waals surface area contributed by atoms with E-state index in [0.717, 1.165) is 21.3 Å². The smallest absolute Gasteiger partial charge is 0.252 e. The zero-order valence-electron chi connectivity index (χ0n) is 12.4. The summed E-state index contributed by atoms with van der Waals surface area (Å²) in [5.74, 6) is 0. The molecular weight excluding hydrogens is 352 g/mol. The van der Waals surface area contributed by atoms with Crippen molar-refractivity contribution in [2.24, 2.45) is 4.99 Å². The lowest BCUT2D eigenvalue weighted by atomic mass is 10.0. The highest BCUT2D eigenvalue weighted by Gasteiger charge is 2.06. The summed E-state index contributed by atoms with van der Waals surface area (Å²) in [6, 6.07) is 23.3. The minimum atomic E-state index is -0.0718. The van der Waals surface area contributed by atoms with E-state index in [2.05, 4.69) is 15.9 Å². The molecule has 4 heteroatoms. The zero-order valence-corrected chi connectivity index (χ0v) is 14.0. The molecule has 0 saturated heterocycles. The van der Waals surface area contributed by atoms with Gasteiger partial charge in [0.1, 0.15) is 6.67 Å². The Kier molecular flexibility index (Phi) is 4.83. The Morgan fingerprint density at radius 3 is 2.00 bits per heavy atom. The van der Waals surface area contributed by atoms with Gasteiger partial charge in [-0.1, -0.05) is 60.7 Å². The van der Waals surface area contributed by atoms with Crippen molar-refractivity contribution in [1.82, 2.24) is 4.57 Å². The van der Waals surface area contributed by atoms with Crippen LogP contribution in [0.25, 0.3) is 0 Å². The molecule has 0 unspecified atom stereocenters. The highest BCUT2D eigenvalue weighted by Crippen LogP contribution is 2.12. The number of rotatable bonds is 4. The highest BCUT2D eigenvalue weighted by molar-refractivity contribution is 9.10. The second-order valence-corrected chi connectivity index (χ2v) is 5.95. The van der Waals surface area contributed by atoms with E-state index in [-0.39, 0.29) is 12.2 Å². The third kappa shape index (κ3) is 3.85. The topological polar surface area (TPSA) is 34.4 Å². The lowest BCUT2D eigenvalue weighted by Crippen LogP contribution is -2.18. The van der Waals surface area contributed by atoms with Crippen LogP contribution in [0.3, 0.4) is 0 Å². The monoisotopic (exact) mass is 366 g/mol. The normalized spacial score (nSPS) is 10.3. The van der Waals surface area contributed by atoms with Crippen molar-refractivity contribution in [2.75, 3.05) is 0 Å². The number of nitrogens with zero attached hydrogens (tertiary/aromatic N) is 2. The predicted octanol–water partition coefficient (Wildman–Crippen LogP) is 4.11. The second-order valence-electron chi connectivity index (χ2n) is 5.04. The molecule has 23 heavy (non-hydrogen) atoms. The third-order valence-corrected chi connectivity index (χ3v) is 3.89. The first kappa shape index (κ1) is 15.4. The maximum absolute atomic E-state index is 11.9. The molecule has 0 aliphatic carbocycles. The highest BCUT2D eigenvalue weighted by atomic mass is 79.9. The SMILES string of the molecule is O=c1ccc(Br)cn1CN=C(c1ccccc1)c1ccccc1. The molecule has 1 aromatic heterocycles. The van der Waals surface area contributed by atoms with E-state index < -0.39 is 0 Å². The molecule has 0 fully saturated rings. The van der Waals surface area contributed by atoms with Gasteiger partial charge in [0.15, 0.2) is 0 Å². The lowest BCUT2D eigenvalue weighted by Gasteiger charge is -2.09. The fraction of sp³-hybridized carbons (Fsp3) is 0.0526. The van der Waals surface area contributed by atoms with Crippen molar-refractivity contribution in [3.8, 4) is 0 Å². The van der Waals surface area contributed by atoms with Crippen molar-refractivity contribution in [2.45, 2.75) is 6.67 Å². The molecule has 0 aliphatic heterocycles. The van der Waals surface area contributed by atoms with E-state index in [4.69, 9.17) is 4.99 Å². The minimum Gasteiger partial charge on any atom is -0.294 e. The molecule has 2 aromatic carbocycles. The Bertz CT molecular complexity index is 829. The summed E-state index contributed by atoms with van der Waals surface area (Å²) in [6.07, 6.45) is 1.75. The Morgan fingerprint density at radius 2 is 1.43 bits per heavy atom. The summed E-state index contributed by atoms with van der Waals surface area (Å²) in [7, 11) is 0. The molecule has 0 amide bonds. The van der Waals surface area contributed by atoms with Crippen molar-refractivity contribution >= 4 is 21.6 Å². The first-order chi connectivity index (χ1) is 11.2. The molecule has 0 bridgehead atoms. The Balaban J connectivity index is 2.02. The van der Waals surface area contributed by atoms with Gasteiger partial charge in [-0.05, 0) is 22.0 Å². The summed E-state index contributed by atoms with van der Waals surface area (Å²) in [4.78, 5) is 16.6. The number of aromatic nitrogens is 1. The summed E-state index contributed by atoms with van der Waals surface area (Å²) in [5, 5.41) is 0. The zero-order chi connectivity index (χ0) is 16.1. The van der Waals surface area contributed by atoms with Gasteiger partial charge >= 0.3 is 0 Å². The van der Waals surface area contributed by atoms with Crippen LogP contribution in [0.5, 0.6) is 0 Å². The van der Waals surface area contributed by atoms with Gasteiger partial charge in [-0.25, -0.2) is 0 Å². The number of hydrogen-bond acceptors (Lipinski definition) is 2. The largest absolute Gasteiger partial charge is 0.294 e. The van der Waals surface area contributed by atoms with Crippen molar-refractivity contribution in [1.29, 1.82) is 0 Å². The number of hydrogen-bond donors (Lipinski definition) is 0. The molecule has 1 heterocycles. The lowest BCUT2D eigenvalue weighted by molar-refractivity contribution is 0.700. The molecule has 3 aromatic rings. The number of benzene rings is 2. The maximum Gasteiger partial charge on any atom is 0.252 e. The van der Waals surface area contributed by atoms with E-state index in [9.17, 15) is 4.79 Å². The van der Waals surface area contributed by atoms with Gasteiger partial charge in [-0.3, -0.25) is 14.4 Å². The van der Waals surface area contributed by atoms with Crippen LogP contribution in [0.4, 0.5) is 0 Å². The summed E-state index contributed by atoms with van der Waals surface area (Å²) >= 11 is 3.38. The molecule has 0 spiro atoms. The minimum absolute atomic E-state index is 0.0718. The van der Waals surface area contributed by atoms with E-state index in [1.807, 2.05) is 60.7 Å². The molecule has 0 saturated carbocycles. The second kappa shape index (κ2) is 7.20. The van der Waals surface area contributed by atoms with E-state index in [1.54, 1.807) is 16.8 Å². The van der Waals surface area contributed by atoms with Crippen molar-refractivity contribution in [3.63, 3.8) is 0 Å². The molecule has 3 rings (SSSR count). The molecule has 0 N–H and O–H groups in total. The first-order valence-electron chi connectivity index (χ1n) is 7.25. The summed E-state index contributed by atoms with van der Waals surface area (Å²) < 4.78 is 2.43. The van der Waals surface area contributed by atoms with Crippen LogP contribution < -0.4 is 5.56 Å². The maximum atomic E-state index is 11.9. The number of pyridine rings is 1. The quantitative estimate of drug-likeness (QED) is 0.639. The average molecular weight is 367 g/mol. The van der Waals surface area contributed by atoms with Gasteiger partial charge in [0.05, 0.1) is 5.71 Å². The Labute approximate surface area is 143 Å². The standard InChI is InChI=1S/C19H15BrN2O/c20-17-11-12-18(23)22(13-17)14-21-19(15-7-3-1-4-8-15)16-9-5-2-6-10-16/h1-13H,14H2. The van der Waals surface area contributed by atoms with Gasteiger partial charge < -0.3 is 0 Å². The average Bonchev–Trinajstić information content (AvgIpc) is 2.60. The number of aliphatic imine (C=N–C) groups is 1. The summed E-state index contributed by atoms with van der Waals surface area (Å²) in [6.45, 7) is 0.275. The van der Waals surface area contributed by atoms with E-state index >= 15 is 0 Å². The predicted molar refractivity (Wildman–Crippen MR) is 96.9 cm³/mol. The van der Waals surface area contributed by atoms with Gasteiger partial charge in [-0.15, -0.1) is 0 Å². The summed E-state index contributed by atoms with van der Waals surface area (Å²) in [5.41, 5.74) is 2.86. The molecule has 3 nitrogen and oxygen atoms in total. The molecule has 114 valence electrons. The van der Waals surface area contributed by atoms with Gasteiger partial charge in [0, 0.05) is 27.9 Å². The first-order valence-corrected chi connectivity index (χ1v) is 8.04. The molecular formula is C19H15BrN2O. The fourth-order valence-corrected chi connectivity index (χ4v) is 2.68. The van der Waals surface area contributed by atoms with Crippen LogP contribution in [0.2, 0.25) is 0 Å².